The molecule has 0 aliphatic carbocycles. The van der Waals surface area contributed by atoms with Crippen molar-refractivity contribution in [3.05, 3.63) is 91.1 Å². The summed E-state index contributed by atoms with van der Waals surface area (Å²) >= 11 is 15.2. The van der Waals surface area contributed by atoms with Gasteiger partial charge in [0.1, 0.15) is 10.7 Å². The molecule has 2 aliphatic heterocycles. The third kappa shape index (κ3) is 5.54. The quantitative estimate of drug-likeness (QED) is 0.352. The molecule has 3 heterocycles. The van der Waals surface area contributed by atoms with Gasteiger partial charge >= 0.3 is 5.97 Å². The number of morpholine rings is 1. The van der Waals surface area contributed by atoms with Crippen molar-refractivity contribution >= 4 is 63.9 Å². The van der Waals surface area contributed by atoms with E-state index in [0.29, 0.717) is 33.9 Å². The van der Waals surface area contributed by atoms with Gasteiger partial charge in [-0.1, -0.05) is 47.1 Å². The first kappa shape index (κ1) is 26.1. The average molecular weight is 576 g/mol. The molecular weight excluding hydrogens is 551 g/mol. The summed E-state index contributed by atoms with van der Waals surface area (Å²) in [5.41, 5.74) is 2.00. The van der Waals surface area contributed by atoms with E-state index in [-0.39, 0.29) is 17.2 Å². The van der Waals surface area contributed by atoms with Gasteiger partial charge in [0.05, 0.1) is 23.8 Å². The zero-order valence-electron chi connectivity index (χ0n) is 20.0. The van der Waals surface area contributed by atoms with E-state index in [2.05, 4.69) is 22.3 Å². The van der Waals surface area contributed by atoms with Crippen molar-refractivity contribution in [2.45, 2.75) is 23.8 Å². The fraction of sp³-hybridized carbons (Fsp3) is 0.259. The molecule has 0 bridgehead atoms. The third-order valence-corrected chi connectivity index (χ3v) is 8.87. The molecule has 6 nitrogen and oxygen atoms in total. The van der Waals surface area contributed by atoms with Crippen molar-refractivity contribution in [2.24, 2.45) is 0 Å². The molecule has 3 aromatic rings. The second-order valence-corrected chi connectivity index (χ2v) is 11.4. The summed E-state index contributed by atoms with van der Waals surface area (Å²) in [5.74, 6) is -0.561. The maximum atomic E-state index is 13.7. The smallest absolute Gasteiger partial charge is 0.307 e. The number of nitrogens with zero attached hydrogens (tertiary/aromatic N) is 1. The zero-order valence-corrected chi connectivity index (χ0v) is 23.1. The fourth-order valence-electron chi connectivity index (χ4n) is 4.57. The van der Waals surface area contributed by atoms with Crippen molar-refractivity contribution in [3.63, 3.8) is 0 Å². The zero-order chi connectivity index (χ0) is 26.0. The minimum absolute atomic E-state index is 0.256. The van der Waals surface area contributed by atoms with Crippen molar-refractivity contribution < 1.29 is 19.1 Å². The second kappa shape index (κ2) is 11.1. The van der Waals surface area contributed by atoms with Crippen LogP contribution < -0.4 is 10.2 Å². The molecule has 2 aliphatic rings. The van der Waals surface area contributed by atoms with Crippen LogP contribution in [0.5, 0.6) is 0 Å². The molecule has 10 heteroatoms. The number of halogens is 2. The summed E-state index contributed by atoms with van der Waals surface area (Å²) in [6.45, 7) is 4.39. The van der Waals surface area contributed by atoms with E-state index in [4.69, 9.17) is 32.7 Å². The fourth-order valence-corrected chi connectivity index (χ4v) is 6.71. The van der Waals surface area contributed by atoms with Crippen LogP contribution >= 0.6 is 46.3 Å². The molecule has 37 heavy (non-hydrogen) atoms. The minimum Gasteiger partial charge on any atom is -0.430 e. The molecule has 1 amide bonds. The number of hydrogen-bond acceptors (Lipinski definition) is 7. The normalized spacial score (nSPS) is 20.1. The summed E-state index contributed by atoms with van der Waals surface area (Å²) in [5, 5.41) is 8.16. The number of nitrogens with one attached hydrogen (secondary N) is 1. The van der Waals surface area contributed by atoms with E-state index in [1.165, 1.54) is 6.92 Å². The highest BCUT2D eigenvalue weighted by Gasteiger charge is 2.44. The molecule has 1 fully saturated rings. The van der Waals surface area contributed by atoms with Gasteiger partial charge in [0.2, 0.25) is 0 Å². The molecule has 5 rings (SSSR count). The maximum absolute atomic E-state index is 13.7. The lowest BCUT2D eigenvalue weighted by Crippen LogP contribution is -2.50. The Labute approximate surface area is 233 Å². The van der Waals surface area contributed by atoms with Crippen LogP contribution in [0.3, 0.4) is 0 Å². The third-order valence-electron chi connectivity index (χ3n) is 6.33. The van der Waals surface area contributed by atoms with Crippen LogP contribution in [-0.2, 0) is 24.6 Å². The molecule has 0 radical (unpaired) electrons. The molecule has 0 spiro atoms. The van der Waals surface area contributed by atoms with E-state index < -0.39 is 11.5 Å². The van der Waals surface area contributed by atoms with Crippen molar-refractivity contribution in [2.75, 3.05) is 31.2 Å². The van der Waals surface area contributed by atoms with E-state index in [1.54, 1.807) is 29.5 Å². The first-order valence-electron chi connectivity index (χ1n) is 11.7. The Bertz CT molecular complexity index is 1340. The van der Waals surface area contributed by atoms with Crippen LogP contribution in [0.25, 0.3) is 0 Å². The Morgan fingerprint density at radius 1 is 1.11 bits per heavy atom. The number of carbonyl (C=O) groups is 2. The first-order chi connectivity index (χ1) is 17.9. The summed E-state index contributed by atoms with van der Waals surface area (Å²) in [4.78, 5) is 29.0. The highest BCUT2D eigenvalue weighted by atomic mass is 35.5. The van der Waals surface area contributed by atoms with Crippen LogP contribution in [0.4, 0.5) is 5.69 Å². The average Bonchev–Trinajstić information content (AvgIpc) is 3.44. The van der Waals surface area contributed by atoms with Crippen molar-refractivity contribution in [1.82, 2.24) is 5.32 Å². The monoisotopic (exact) mass is 574 g/mol. The van der Waals surface area contributed by atoms with E-state index in [1.807, 2.05) is 29.0 Å². The SMILES string of the molecule is CC(=O)OC1=C(Sc2cc(Cl)ccc2Cl)C(=O)NC(c2ccc(N3CCOCC3)cc2)(c2ccsc2)C1. The lowest BCUT2D eigenvalue weighted by atomic mass is 9.79. The Balaban J connectivity index is 1.56. The molecule has 1 aromatic heterocycles. The number of anilines is 1. The number of amides is 1. The molecule has 1 unspecified atom stereocenters. The highest BCUT2D eigenvalue weighted by molar-refractivity contribution is 8.04. The van der Waals surface area contributed by atoms with Crippen LogP contribution in [-0.4, -0.2) is 38.2 Å². The minimum atomic E-state index is -0.909. The molecule has 2 aromatic carbocycles. The number of thiophene rings is 1. The van der Waals surface area contributed by atoms with Gasteiger partial charge in [0.15, 0.2) is 0 Å². The number of benzene rings is 2. The topological polar surface area (TPSA) is 67.9 Å². The van der Waals surface area contributed by atoms with Crippen molar-refractivity contribution in [3.8, 4) is 0 Å². The Kier molecular flexibility index (Phi) is 7.83. The van der Waals surface area contributed by atoms with Gasteiger partial charge in [-0.25, -0.2) is 0 Å². The largest absolute Gasteiger partial charge is 0.430 e. The van der Waals surface area contributed by atoms with E-state index >= 15 is 0 Å². The Morgan fingerprint density at radius 3 is 2.54 bits per heavy atom. The van der Waals surface area contributed by atoms with Crippen molar-refractivity contribution in [1.29, 1.82) is 0 Å². The predicted octanol–water partition coefficient (Wildman–Crippen LogP) is 6.22. The first-order valence-corrected chi connectivity index (χ1v) is 14.2. The lowest BCUT2D eigenvalue weighted by molar-refractivity contribution is -0.137. The Hall–Kier alpha value is -2.49. The molecule has 0 saturated carbocycles. The highest BCUT2D eigenvalue weighted by Crippen LogP contribution is 2.46. The maximum Gasteiger partial charge on any atom is 0.307 e. The van der Waals surface area contributed by atoms with Gasteiger partial charge in [0.25, 0.3) is 5.91 Å². The molecule has 192 valence electrons. The lowest BCUT2D eigenvalue weighted by Gasteiger charge is -2.39. The summed E-state index contributed by atoms with van der Waals surface area (Å²) < 4.78 is 11.1. The molecule has 1 N–H and O–H groups in total. The van der Waals surface area contributed by atoms with E-state index in [9.17, 15) is 9.59 Å². The second-order valence-electron chi connectivity index (χ2n) is 8.72. The predicted molar refractivity (Wildman–Crippen MR) is 148 cm³/mol. The van der Waals surface area contributed by atoms with Gasteiger partial charge in [-0.3, -0.25) is 9.59 Å². The van der Waals surface area contributed by atoms with E-state index in [0.717, 1.165) is 41.7 Å². The summed E-state index contributed by atoms with van der Waals surface area (Å²) in [7, 11) is 0. The number of rotatable bonds is 6. The summed E-state index contributed by atoms with van der Waals surface area (Å²) in [6, 6.07) is 15.2. The van der Waals surface area contributed by atoms with Gasteiger partial charge in [-0.15, -0.1) is 0 Å². The Morgan fingerprint density at radius 2 is 1.86 bits per heavy atom. The van der Waals surface area contributed by atoms with Crippen LogP contribution in [0.2, 0.25) is 10.0 Å². The van der Waals surface area contributed by atoms with Crippen LogP contribution in [0.15, 0.2) is 74.9 Å². The summed E-state index contributed by atoms with van der Waals surface area (Å²) in [6.07, 6.45) is 0.256. The standard InChI is InChI=1S/C27H24Cl2N2O4S2/c1-17(32)35-23-15-27(19-8-13-36-16-19,18-2-5-21(6-3-18)31-9-11-34-12-10-31)30-26(33)25(23)37-24-14-20(28)4-7-22(24)29/h2-8,13-14,16H,9-12,15H2,1H3,(H,30,33). The van der Waals surface area contributed by atoms with Crippen LogP contribution in [0.1, 0.15) is 24.5 Å². The molecular formula is C27H24Cl2N2O4S2. The number of hydrogen-bond donors (Lipinski definition) is 1. The molecule has 1 saturated heterocycles. The van der Waals surface area contributed by atoms with Gasteiger partial charge in [-0.05, 0) is 58.3 Å². The molecule has 1 atom stereocenters. The van der Waals surface area contributed by atoms with Crippen LogP contribution in [0, 0.1) is 0 Å². The van der Waals surface area contributed by atoms with Gasteiger partial charge in [-0.2, -0.15) is 11.3 Å². The number of esters is 1. The van der Waals surface area contributed by atoms with Gasteiger partial charge < -0.3 is 19.7 Å². The number of thioether (sulfide) groups is 1. The number of ether oxygens (including phenoxy) is 2. The van der Waals surface area contributed by atoms with Gasteiger partial charge in [0, 0.05) is 42.0 Å². The number of carbonyl (C=O) groups excluding carboxylic acids is 2.